The van der Waals surface area contributed by atoms with Crippen LogP contribution in [0.3, 0.4) is 0 Å². The molecule has 0 aromatic heterocycles. The van der Waals surface area contributed by atoms with E-state index in [4.69, 9.17) is 20.4 Å². The van der Waals surface area contributed by atoms with Crippen molar-refractivity contribution in [3.8, 4) is 0 Å². The molecule has 0 saturated carbocycles. The van der Waals surface area contributed by atoms with Gasteiger partial charge < -0.3 is 25.2 Å². The van der Waals surface area contributed by atoms with E-state index in [9.17, 15) is 49.0 Å². The van der Waals surface area contributed by atoms with Crippen LogP contribution in [-0.4, -0.2) is 66.1 Å². The largest absolute Gasteiger partial charge is 0.478 e. The molecule has 17 nitrogen and oxygen atoms in total. The summed E-state index contributed by atoms with van der Waals surface area (Å²) in [6.45, 7) is 2.36. The lowest BCUT2D eigenvalue weighted by molar-refractivity contribution is -0.385. The Balaban J connectivity index is 0.000000563. The van der Waals surface area contributed by atoms with Gasteiger partial charge in [0.05, 0.1) is 21.0 Å². The number of nitrogens with zero attached hydrogens (tertiary/aromatic N) is 2. The van der Waals surface area contributed by atoms with E-state index in [0.29, 0.717) is 0 Å². The molecule has 2 rings (SSSR count). The van der Waals surface area contributed by atoms with Crippen LogP contribution in [0.25, 0.3) is 0 Å². The Labute approximate surface area is 204 Å². The lowest BCUT2D eigenvalue weighted by Gasteiger charge is -2.01. The molecule has 0 aliphatic heterocycles. The zero-order valence-electron chi connectivity index (χ0n) is 18.6. The SMILES string of the molecule is CC(=O)OC(C)=O.O=C(O)c1cccc([N+](=O)[O-])c1C(=O)O.O=C(O)c1cccc([N+](=O)[O-])c1C(=O)O. The number of carbonyl (C=O) groups excluding carboxylic acids is 2. The highest BCUT2D eigenvalue weighted by molar-refractivity contribution is 6.05. The van der Waals surface area contributed by atoms with E-state index in [2.05, 4.69) is 4.74 Å². The average molecular weight is 524 g/mol. The number of carboxylic acids is 4. The molecule has 0 spiro atoms. The minimum Gasteiger partial charge on any atom is -0.478 e. The number of esters is 2. The van der Waals surface area contributed by atoms with Crippen LogP contribution in [0.2, 0.25) is 0 Å². The number of benzene rings is 2. The van der Waals surface area contributed by atoms with Crippen molar-refractivity contribution >= 4 is 47.2 Å². The van der Waals surface area contributed by atoms with Crippen LogP contribution in [0.15, 0.2) is 36.4 Å². The number of ether oxygens (including phenoxy) is 1. The molecule has 0 unspecified atom stereocenters. The Morgan fingerprint density at radius 2 is 0.919 bits per heavy atom. The van der Waals surface area contributed by atoms with Crippen LogP contribution in [0, 0.1) is 20.2 Å². The molecule has 0 saturated heterocycles. The summed E-state index contributed by atoms with van der Waals surface area (Å²) in [5, 5.41) is 55.5. The molecule has 0 atom stereocenters. The first-order chi connectivity index (χ1) is 17.0. The number of rotatable bonds is 6. The number of nitro groups is 2. The van der Waals surface area contributed by atoms with Crippen LogP contribution in [-0.2, 0) is 14.3 Å². The maximum atomic E-state index is 10.7. The first kappa shape index (κ1) is 31.3. The van der Waals surface area contributed by atoms with Crippen LogP contribution < -0.4 is 0 Å². The van der Waals surface area contributed by atoms with Crippen molar-refractivity contribution in [1.29, 1.82) is 0 Å². The lowest BCUT2D eigenvalue weighted by Crippen LogP contribution is -2.10. The van der Waals surface area contributed by atoms with Gasteiger partial charge in [-0.3, -0.25) is 29.8 Å². The fraction of sp³-hybridized carbons (Fsp3) is 0.100. The standard InChI is InChI=1S/2C8H5NO6.C4H6O3/c2*10-7(11)4-2-1-3-5(9(14)15)6(4)8(12)13;1-3(5)7-4(2)6/h2*1-3H,(H,10,11)(H,12,13);1-2H3. The number of carboxylic acid groups (broad SMARTS) is 4. The molecule has 0 fully saturated rings. The maximum Gasteiger partial charge on any atom is 0.343 e. The Morgan fingerprint density at radius 3 is 1.08 bits per heavy atom. The zero-order valence-corrected chi connectivity index (χ0v) is 18.6. The fourth-order valence-corrected chi connectivity index (χ4v) is 2.39. The number of carbonyl (C=O) groups is 6. The smallest absolute Gasteiger partial charge is 0.343 e. The van der Waals surface area contributed by atoms with Gasteiger partial charge in [-0.1, -0.05) is 12.1 Å². The Bertz CT molecular complexity index is 1120. The van der Waals surface area contributed by atoms with Crippen LogP contribution >= 0.6 is 0 Å². The molecule has 0 radical (unpaired) electrons. The van der Waals surface area contributed by atoms with E-state index in [-0.39, 0.29) is 0 Å². The van der Waals surface area contributed by atoms with Gasteiger partial charge in [0.1, 0.15) is 0 Å². The Kier molecular flexibility index (Phi) is 11.7. The zero-order chi connectivity index (χ0) is 29.0. The van der Waals surface area contributed by atoms with Gasteiger partial charge in [-0.2, -0.15) is 0 Å². The maximum absolute atomic E-state index is 10.7. The molecule has 0 aliphatic carbocycles. The molecular weight excluding hydrogens is 508 g/mol. The topological polar surface area (TPSA) is 279 Å². The van der Waals surface area contributed by atoms with Crippen LogP contribution in [0.1, 0.15) is 55.3 Å². The van der Waals surface area contributed by atoms with Gasteiger partial charge in [-0.25, -0.2) is 19.2 Å². The van der Waals surface area contributed by atoms with Gasteiger partial charge >= 0.3 is 35.8 Å². The third kappa shape index (κ3) is 9.57. The van der Waals surface area contributed by atoms with E-state index in [1.807, 2.05) is 0 Å². The Hall–Kier alpha value is -5.74. The highest BCUT2D eigenvalue weighted by Crippen LogP contribution is 2.23. The predicted octanol–water partition coefficient (Wildman–Crippen LogP) is 2.08. The van der Waals surface area contributed by atoms with Gasteiger partial charge in [0.2, 0.25) is 0 Å². The van der Waals surface area contributed by atoms with Crippen molar-refractivity contribution in [1.82, 2.24) is 0 Å². The summed E-state index contributed by atoms with van der Waals surface area (Å²) in [4.78, 5) is 81.3. The third-order valence-corrected chi connectivity index (χ3v) is 3.65. The minimum atomic E-state index is -1.64. The summed E-state index contributed by atoms with van der Waals surface area (Å²) in [5.74, 6) is -7.44. The molecule has 0 bridgehead atoms. The predicted molar refractivity (Wildman–Crippen MR) is 116 cm³/mol. The van der Waals surface area contributed by atoms with Crippen molar-refractivity contribution in [2.45, 2.75) is 13.8 Å². The van der Waals surface area contributed by atoms with Crippen molar-refractivity contribution < 1.29 is 63.8 Å². The quantitative estimate of drug-likeness (QED) is 0.182. The normalized spacial score (nSPS) is 9.24. The Morgan fingerprint density at radius 1 is 0.622 bits per heavy atom. The molecule has 0 heterocycles. The number of hydrogen-bond acceptors (Lipinski definition) is 11. The number of aromatic carboxylic acids is 4. The van der Waals surface area contributed by atoms with Crippen LogP contribution in [0.5, 0.6) is 0 Å². The van der Waals surface area contributed by atoms with Gasteiger partial charge in [0.25, 0.3) is 11.4 Å². The number of hydrogen-bond donors (Lipinski definition) is 4. The fourth-order valence-electron chi connectivity index (χ4n) is 2.39. The summed E-state index contributed by atoms with van der Waals surface area (Å²) < 4.78 is 3.97. The molecule has 0 amide bonds. The molecule has 2 aromatic rings. The van der Waals surface area contributed by atoms with E-state index < -0.39 is 79.3 Å². The molecule has 17 heteroatoms. The van der Waals surface area contributed by atoms with Gasteiger partial charge in [-0.15, -0.1) is 0 Å². The summed E-state index contributed by atoms with van der Waals surface area (Å²) >= 11 is 0. The van der Waals surface area contributed by atoms with Crippen molar-refractivity contribution in [2.24, 2.45) is 0 Å². The molecule has 4 N–H and O–H groups in total. The summed E-state index contributed by atoms with van der Waals surface area (Å²) in [5.41, 5.74) is -4.29. The second kappa shape index (κ2) is 13.8. The van der Waals surface area contributed by atoms with Crippen LogP contribution in [0.4, 0.5) is 11.4 Å². The molecule has 0 aliphatic rings. The summed E-state index contributed by atoms with van der Waals surface area (Å²) in [7, 11) is 0. The van der Waals surface area contributed by atoms with Crippen molar-refractivity contribution in [3.05, 3.63) is 78.9 Å². The summed E-state index contributed by atoms with van der Waals surface area (Å²) in [6.07, 6.45) is 0. The van der Waals surface area contributed by atoms with Gasteiger partial charge in [0, 0.05) is 26.0 Å². The molecule has 2 aromatic carbocycles. The van der Waals surface area contributed by atoms with Gasteiger partial charge in [0.15, 0.2) is 11.1 Å². The average Bonchev–Trinajstić information content (AvgIpc) is 2.77. The number of nitro benzene ring substituents is 2. The van der Waals surface area contributed by atoms with E-state index in [0.717, 1.165) is 36.4 Å². The van der Waals surface area contributed by atoms with E-state index in [1.165, 1.54) is 13.8 Å². The first-order valence-corrected chi connectivity index (χ1v) is 9.19. The van der Waals surface area contributed by atoms with Crippen molar-refractivity contribution in [2.75, 3.05) is 0 Å². The third-order valence-electron chi connectivity index (χ3n) is 3.65. The lowest BCUT2D eigenvalue weighted by atomic mass is 10.1. The second-order valence-corrected chi connectivity index (χ2v) is 6.22. The summed E-state index contributed by atoms with van der Waals surface area (Å²) in [6, 6.07) is 6.12. The monoisotopic (exact) mass is 524 g/mol. The molecule has 37 heavy (non-hydrogen) atoms. The molecule has 196 valence electrons. The highest BCUT2D eigenvalue weighted by Gasteiger charge is 2.27. The van der Waals surface area contributed by atoms with Gasteiger partial charge in [-0.05, 0) is 12.1 Å². The second-order valence-electron chi connectivity index (χ2n) is 6.22. The van der Waals surface area contributed by atoms with E-state index >= 15 is 0 Å². The van der Waals surface area contributed by atoms with E-state index in [1.54, 1.807) is 0 Å². The molecular formula is C20H16N2O15. The minimum absolute atomic E-state index is 0.562. The van der Waals surface area contributed by atoms with Crippen molar-refractivity contribution in [3.63, 3.8) is 0 Å². The first-order valence-electron chi connectivity index (χ1n) is 9.19. The highest BCUT2D eigenvalue weighted by atomic mass is 16.6.